The quantitative estimate of drug-likeness (QED) is 0.212. The van der Waals surface area contributed by atoms with Crippen molar-refractivity contribution >= 4 is 75.7 Å². The van der Waals surface area contributed by atoms with Gasteiger partial charge in [0.25, 0.3) is 0 Å². The summed E-state index contributed by atoms with van der Waals surface area (Å²) in [4.78, 5) is 19.2. The molecule has 0 amide bonds. The van der Waals surface area contributed by atoms with E-state index in [2.05, 4.69) is 76.9 Å². The largest absolute Gasteiger partial charge is 0.478 e. The number of carboxylic acids is 2. The van der Waals surface area contributed by atoms with Crippen molar-refractivity contribution in [3.05, 3.63) is 53.3 Å². The van der Waals surface area contributed by atoms with Crippen molar-refractivity contribution in [1.29, 1.82) is 0 Å². The first-order chi connectivity index (χ1) is 11.8. The topological polar surface area (TPSA) is 115 Å². The first-order valence-corrected chi connectivity index (χ1v) is 9.83. The highest BCUT2D eigenvalue weighted by atomic mass is 79.9. The summed E-state index contributed by atoms with van der Waals surface area (Å²) in [6.07, 6.45) is 0. The van der Waals surface area contributed by atoms with Crippen LogP contribution in [0.4, 0.5) is 0 Å². The molecule has 0 aliphatic carbocycles. The average Bonchev–Trinajstić information content (AvgIpc) is 2.56. The van der Waals surface area contributed by atoms with Crippen LogP contribution >= 0.6 is 63.7 Å². The Morgan fingerprint density at radius 3 is 1.04 bits per heavy atom. The summed E-state index contributed by atoms with van der Waals surface area (Å²) in [7, 11) is 0. The zero-order valence-corrected chi connectivity index (χ0v) is 20.3. The minimum absolute atomic E-state index is 0.124. The van der Waals surface area contributed by atoms with Crippen LogP contribution in [-0.4, -0.2) is 32.4 Å². The Morgan fingerprint density at radius 1 is 0.731 bits per heavy atom. The number of aliphatic hydroxyl groups excluding tert-OH is 2. The Labute approximate surface area is 185 Å². The lowest BCUT2D eigenvalue weighted by Gasteiger charge is -2.13. The van der Waals surface area contributed by atoms with Crippen molar-refractivity contribution in [3.63, 3.8) is 0 Å². The van der Waals surface area contributed by atoms with Crippen LogP contribution in [0.25, 0.3) is 0 Å². The molecule has 0 radical (unpaired) electrons. The lowest BCUT2D eigenvalue weighted by Crippen LogP contribution is -1.99. The van der Waals surface area contributed by atoms with Gasteiger partial charge in [0.15, 0.2) is 0 Å². The first-order valence-electron chi connectivity index (χ1n) is 6.66. The smallest absolute Gasteiger partial charge is 0.330 e. The molecule has 26 heavy (non-hydrogen) atoms. The zero-order chi connectivity index (χ0) is 21.2. The van der Waals surface area contributed by atoms with Gasteiger partial charge in [0.2, 0.25) is 0 Å². The fraction of sp³-hybridized carbons (Fsp3) is 0.250. The van der Waals surface area contributed by atoms with Gasteiger partial charge in [-0.05, 0) is 88.7 Å². The molecule has 1 rings (SSSR count). The normalized spacial score (nSPS) is 9.23. The number of rotatable bonds is 4. The Balaban J connectivity index is 0. The van der Waals surface area contributed by atoms with E-state index in [9.17, 15) is 19.8 Å². The number of aliphatic carboxylic acids is 2. The molecule has 0 spiro atoms. The van der Waals surface area contributed by atoms with Crippen LogP contribution in [0.5, 0.6) is 0 Å². The van der Waals surface area contributed by atoms with Crippen molar-refractivity contribution in [2.24, 2.45) is 0 Å². The van der Waals surface area contributed by atoms with Crippen LogP contribution in [0, 0.1) is 0 Å². The van der Waals surface area contributed by atoms with Gasteiger partial charge in [0.05, 0.1) is 13.2 Å². The van der Waals surface area contributed by atoms with E-state index in [1.165, 1.54) is 13.8 Å². The summed E-state index contributed by atoms with van der Waals surface area (Å²) in [6, 6.07) is 0. The number of hydrogen-bond donors (Lipinski definition) is 4. The highest BCUT2D eigenvalue weighted by Gasteiger charge is 2.17. The van der Waals surface area contributed by atoms with Gasteiger partial charge in [-0.1, -0.05) is 13.2 Å². The fourth-order valence-corrected chi connectivity index (χ4v) is 3.59. The predicted octanol–water partition coefficient (Wildman–Crippen LogP) is 5.02. The van der Waals surface area contributed by atoms with E-state index in [1.54, 1.807) is 0 Å². The van der Waals surface area contributed by atoms with Crippen molar-refractivity contribution < 1.29 is 30.0 Å². The molecule has 0 aromatic heterocycles. The average molecular weight is 626 g/mol. The third kappa shape index (κ3) is 9.43. The lowest BCUT2D eigenvalue weighted by atomic mass is 10.1. The second-order valence-corrected chi connectivity index (χ2v) is 7.87. The number of halogens is 4. The molecule has 0 atom stereocenters. The van der Waals surface area contributed by atoms with E-state index in [4.69, 9.17) is 10.2 Å². The molecule has 0 saturated carbocycles. The minimum Gasteiger partial charge on any atom is -0.478 e. The maximum absolute atomic E-state index is 9.60. The molecule has 0 heterocycles. The SMILES string of the molecule is C=C(C)C(=O)O.C=C(C)C(=O)O.OCc1c(Br)c(Br)c(Br)c(Br)c1CO. The Bertz CT molecular complexity index is 618. The van der Waals surface area contributed by atoms with Gasteiger partial charge in [-0.2, -0.15) is 0 Å². The maximum Gasteiger partial charge on any atom is 0.330 e. The Kier molecular flexibility index (Phi) is 14.5. The summed E-state index contributed by atoms with van der Waals surface area (Å²) >= 11 is 13.4. The second kappa shape index (κ2) is 13.6. The number of carboxylic acid groups (broad SMARTS) is 2. The number of carbonyl (C=O) groups is 2. The first kappa shape index (κ1) is 27.7. The van der Waals surface area contributed by atoms with Crippen molar-refractivity contribution in [1.82, 2.24) is 0 Å². The third-order valence-corrected chi connectivity index (χ3v) is 7.45. The van der Waals surface area contributed by atoms with Gasteiger partial charge in [-0.25, -0.2) is 9.59 Å². The standard InChI is InChI=1S/C8H6Br4O2.2C4H6O2/c9-5-3(1-13)4(2-14)6(10)8(12)7(5)11;2*1-3(2)4(5)6/h13-14H,1-2H2;2*1H2,2H3,(H,5,6). The van der Waals surface area contributed by atoms with Gasteiger partial charge >= 0.3 is 11.9 Å². The molecule has 1 aromatic rings. The van der Waals surface area contributed by atoms with Crippen LogP contribution in [0.1, 0.15) is 25.0 Å². The molecule has 0 unspecified atom stereocenters. The van der Waals surface area contributed by atoms with Gasteiger partial charge < -0.3 is 20.4 Å². The lowest BCUT2D eigenvalue weighted by molar-refractivity contribution is -0.133. The summed E-state index contributed by atoms with van der Waals surface area (Å²) in [6.45, 7) is 8.96. The van der Waals surface area contributed by atoms with Crippen LogP contribution in [0.3, 0.4) is 0 Å². The third-order valence-electron chi connectivity index (χ3n) is 2.52. The summed E-state index contributed by atoms with van der Waals surface area (Å²) in [5.74, 6) is -1.87. The monoisotopic (exact) mass is 622 g/mol. The summed E-state index contributed by atoms with van der Waals surface area (Å²) in [5, 5.41) is 34.1. The number of aliphatic hydroxyl groups is 2. The van der Waals surface area contributed by atoms with Gasteiger partial charge in [-0.15, -0.1) is 0 Å². The molecule has 146 valence electrons. The Hall–Kier alpha value is -0.520. The van der Waals surface area contributed by atoms with E-state index in [0.717, 1.165) is 17.9 Å². The minimum atomic E-state index is -0.935. The number of benzene rings is 1. The zero-order valence-electron chi connectivity index (χ0n) is 13.9. The van der Waals surface area contributed by atoms with E-state index >= 15 is 0 Å². The molecule has 0 saturated heterocycles. The maximum atomic E-state index is 9.60. The molecular formula is C16H18Br4O6. The van der Waals surface area contributed by atoms with Gasteiger partial charge in [0, 0.05) is 29.0 Å². The second-order valence-electron chi connectivity index (χ2n) is 4.70. The highest BCUT2D eigenvalue weighted by molar-refractivity contribution is 9.15. The van der Waals surface area contributed by atoms with Gasteiger partial charge in [0.1, 0.15) is 0 Å². The molecule has 0 aliphatic rings. The van der Waals surface area contributed by atoms with Crippen molar-refractivity contribution in [3.8, 4) is 0 Å². The summed E-state index contributed by atoms with van der Waals surface area (Å²) < 4.78 is 3.12. The number of hydrogen-bond acceptors (Lipinski definition) is 4. The molecule has 1 aromatic carbocycles. The van der Waals surface area contributed by atoms with E-state index < -0.39 is 11.9 Å². The van der Waals surface area contributed by atoms with Crippen LogP contribution < -0.4 is 0 Å². The highest BCUT2D eigenvalue weighted by Crippen LogP contribution is 2.42. The van der Waals surface area contributed by atoms with Crippen LogP contribution in [-0.2, 0) is 22.8 Å². The molecule has 0 bridgehead atoms. The molecule has 6 nitrogen and oxygen atoms in total. The molecule has 10 heteroatoms. The molecule has 0 fully saturated rings. The molecular weight excluding hydrogens is 608 g/mol. The van der Waals surface area contributed by atoms with E-state index in [-0.39, 0.29) is 24.4 Å². The van der Waals surface area contributed by atoms with Crippen molar-refractivity contribution in [2.75, 3.05) is 0 Å². The van der Waals surface area contributed by atoms with Gasteiger partial charge in [-0.3, -0.25) is 0 Å². The molecule has 0 aliphatic heterocycles. The van der Waals surface area contributed by atoms with Crippen molar-refractivity contribution in [2.45, 2.75) is 27.1 Å². The summed E-state index contributed by atoms with van der Waals surface area (Å²) in [5.41, 5.74) is 1.70. The van der Waals surface area contributed by atoms with E-state index in [1.807, 2.05) is 0 Å². The Morgan fingerprint density at radius 2 is 0.923 bits per heavy atom. The van der Waals surface area contributed by atoms with E-state index in [0.29, 0.717) is 11.1 Å². The molecule has 4 N–H and O–H groups in total. The fourth-order valence-electron chi connectivity index (χ4n) is 1.05. The van der Waals surface area contributed by atoms with Crippen LogP contribution in [0.2, 0.25) is 0 Å². The van der Waals surface area contributed by atoms with Crippen LogP contribution in [0.15, 0.2) is 42.2 Å². The predicted molar refractivity (Wildman–Crippen MR) is 114 cm³/mol.